The summed E-state index contributed by atoms with van der Waals surface area (Å²) < 4.78 is 11.5. The van der Waals surface area contributed by atoms with E-state index in [0.717, 1.165) is 26.1 Å². The Morgan fingerprint density at radius 1 is 1.14 bits per heavy atom. The Kier molecular flexibility index (Phi) is 5.07. The van der Waals surface area contributed by atoms with Crippen LogP contribution in [0.4, 0.5) is 0 Å². The van der Waals surface area contributed by atoms with E-state index < -0.39 is 0 Å². The van der Waals surface area contributed by atoms with Gasteiger partial charge in [-0.05, 0) is 23.6 Å². The second-order valence-electron chi connectivity index (χ2n) is 6.97. The molecule has 1 aromatic rings. The first-order valence-corrected chi connectivity index (χ1v) is 7.83. The quantitative estimate of drug-likeness (QED) is 0.922. The zero-order chi connectivity index (χ0) is 15.5. The summed E-state index contributed by atoms with van der Waals surface area (Å²) in [6.07, 6.45) is 1.85. The maximum atomic E-state index is 5.94. The molecule has 0 saturated carbocycles. The van der Waals surface area contributed by atoms with Gasteiger partial charge in [-0.25, -0.2) is 0 Å². The predicted octanol–water partition coefficient (Wildman–Crippen LogP) is 3.44. The van der Waals surface area contributed by atoms with Gasteiger partial charge < -0.3 is 14.8 Å². The van der Waals surface area contributed by atoms with Crippen molar-refractivity contribution < 1.29 is 9.47 Å². The summed E-state index contributed by atoms with van der Waals surface area (Å²) in [6.45, 7) is 8.27. The molecular weight excluding hydrogens is 262 g/mol. The number of methoxy groups -OCH3 is 1. The average Bonchev–Trinajstić information content (AvgIpc) is 2.48. The molecule has 0 aromatic heterocycles. The molecule has 1 saturated heterocycles. The minimum atomic E-state index is -0.170. The molecule has 0 bridgehead atoms. The van der Waals surface area contributed by atoms with Crippen molar-refractivity contribution >= 4 is 0 Å². The van der Waals surface area contributed by atoms with E-state index in [9.17, 15) is 0 Å². The summed E-state index contributed by atoms with van der Waals surface area (Å²) in [5, 5.41) is 3.46. The summed E-state index contributed by atoms with van der Waals surface area (Å²) >= 11 is 0. The van der Waals surface area contributed by atoms with E-state index >= 15 is 0 Å². The fourth-order valence-electron chi connectivity index (χ4n) is 3.24. The van der Waals surface area contributed by atoms with Gasteiger partial charge in [0.25, 0.3) is 0 Å². The van der Waals surface area contributed by atoms with Crippen LogP contribution < -0.4 is 5.32 Å². The molecule has 0 amide bonds. The van der Waals surface area contributed by atoms with Gasteiger partial charge in [-0.3, -0.25) is 0 Å². The Bertz CT molecular complexity index is 441. The van der Waals surface area contributed by atoms with Crippen LogP contribution in [-0.2, 0) is 14.9 Å². The molecule has 1 fully saturated rings. The van der Waals surface area contributed by atoms with Gasteiger partial charge in [0, 0.05) is 33.2 Å². The lowest BCUT2D eigenvalue weighted by Gasteiger charge is -2.42. The van der Waals surface area contributed by atoms with Gasteiger partial charge in [0.05, 0.1) is 11.6 Å². The largest absolute Gasteiger partial charge is 0.381 e. The summed E-state index contributed by atoms with van der Waals surface area (Å²) in [5.41, 5.74) is 2.66. The van der Waals surface area contributed by atoms with E-state index in [4.69, 9.17) is 9.47 Å². The topological polar surface area (TPSA) is 30.5 Å². The number of rotatable bonds is 4. The summed E-state index contributed by atoms with van der Waals surface area (Å²) in [6, 6.07) is 9.14. The van der Waals surface area contributed by atoms with E-state index in [0.29, 0.717) is 0 Å². The van der Waals surface area contributed by atoms with Gasteiger partial charge in [0.1, 0.15) is 0 Å². The molecular formula is C18H29NO2. The average molecular weight is 291 g/mol. The molecule has 1 aliphatic heterocycles. The minimum Gasteiger partial charge on any atom is -0.381 e. The highest BCUT2D eigenvalue weighted by Crippen LogP contribution is 2.37. The molecule has 1 aromatic carbocycles. The van der Waals surface area contributed by atoms with Crippen LogP contribution in [0.15, 0.2) is 24.3 Å². The van der Waals surface area contributed by atoms with Crippen molar-refractivity contribution in [2.45, 2.75) is 50.7 Å². The van der Waals surface area contributed by atoms with Gasteiger partial charge in [0.15, 0.2) is 0 Å². The maximum absolute atomic E-state index is 5.94. The lowest BCUT2D eigenvalue weighted by molar-refractivity contribution is -0.110. The van der Waals surface area contributed by atoms with Crippen LogP contribution in [0.1, 0.15) is 50.8 Å². The van der Waals surface area contributed by atoms with Crippen LogP contribution in [-0.4, -0.2) is 33.0 Å². The molecule has 2 rings (SSSR count). The lowest BCUT2D eigenvalue weighted by atomic mass is 9.80. The monoisotopic (exact) mass is 291 g/mol. The smallest absolute Gasteiger partial charge is 0.0916 e. The van der Waals surface area contributed by atoms with Gasteiger partial charge in [-0.15, -0.1) is 0 Å². The molecule has 21 heavy (non-hydrogen) atoms. The highest BCUT2D eigenvalue weighted by Gasteiger charge is 2.40. The van der Waals surface area contributed by atoms with Crippen molar-refractivity contribution in [2.75, 3.05) is 27.4 Å². The van der Waals surface area contributed by atoms with Crippen LogP contribution in [0.25, 0.3) is 0 Å². The number of nitrogens with one attached hydrogen (secondary N) is 1. The number of ether oxygens (including phenoxy) is 2. The Hall–Kier alpha value is -0.900. The molecule has 1 atom stereocenters. The first-order valence-electron chi connectivity index (χ1n) is 7.83. The molecule has 1 aliphatic rings. The Balaban J connectivity index is 2.28. The Morgan fingerprint density at radius 2 is 1.71 bits per heavy atom. The molecule has 0 radical (unpaired) electrons. The van der Waals surface area contributed by atoms with Crippen molar-refractivity contribution in [3.63, 3.8) is 0 Å². The van der Waals surface area contributed by atoms with Crippen molar-refractivity contribution in [1.29, 1.82) is 0 Å². The van der Waals surface area contributed by atoms with Crippen LogP contribution >= 0.6 is 0 Å². The van der Waals surface area contributed by atoms with E-state index in [1.54, 1.807) is 0 Å². The van der Waals surface area contributed by atoms with Crippen molar-refractivity contribution in [1.82, 2.24) is 5.32 Å². The fraction of sp³-hybridized carbons (Fsp3) is 0.667. The highest BCUT2D eigenvalue weighted by atomic mass is 16.5. The highest BCUT2D eigenvalue weighted by molar-refractivity contribution is 5.31. The SMILES string of the molecule is CNC(c1ccc(C(C)(C)C)cc1)C1(OC)CCOCC1. The summed E-state index contributed by atoms with van der Waals surface area (Å²) in [7, 11) is 3.83. The van der Waals surface area contributed by atoms with Crippen LogP contribution in [0.5, 0.6) is 0 Å². The van der Waals surface area contributed by atoms with Gasteiger partial charge in [-0.1, -0.05) is 45.0 Å². The summed E-state index contributed by atoms with van der Waals surface area (Å²) in [5.74, 6) is 0. The molecule has 0 aliphatic carbocycles. The second kappa shape index (κ2) is 6.47. The third-order valence-electron chi connectivity index (χ3n) is 4.67. The molecule has 0 spiro atoms. The number of likely N-dealkylation sites (N-methyl/N-ethyl adjacent to an activating group) is 1. The van der Waals surface area contributed by atoms with Crippen LogP contribution in [0, 0.1) is 0 Å². The molecule has 3 nitrogen and oxygen atoms in total. The minimum absolute atomic E-state index is 0.170. The van der Waals surface area contributed by atoms with Crippen molar-refractivity contribution in [3.05, 3.63) is 35.4 Å². The molecule has 1 N–H and O–H groups in total. The lowest BCUT2D eigenvalue weighted by Crippen LogP contribution is -2.48. The van der Waals surface area contributed by atoms with E-state index in [1.807, 2.05) is 14.2 Å². The first-order chi connectivity index (χ1) is 9.93. The van der Waals surface area contributed by atoms with Gasteiger partial charge in [-0.2, -0.15) is 0 Å². The van der Waals surface area contributed by atoms with E-state index in [1.165, 1.54) is 11.1 Å². The van der Waals surface area contributed by atoms with Gasteiger partial charge in [0.2, 0.25) is 0 Å². The normalized spacial score (nSPS) is 20.2. The fourth-order valence-corrected chi connectivity index (χ4v) is 3.24. The first kappa shape index (κ1) is 16.5. The maximum Gasteiger partial charge on any atom is 0.0916 e. The second-order valence-corrected chi connectivity index (χ2v) is 6.97. The zero-order valence-electron chi connectivity index (χ0n) is 14.0. The van der Waals surface area contributed by atoms with Crippen LogP contribution in [0.3, 0.4) is 0 Å². The van der Waals surface area contributed by atoms with E-state index in [-0.39, 0.29) is 17.1 Å². The standard InChI is InChI=1S/C18H29NO2/c1-17(2,3)15-8-6-14(7-9-15)16(19-4)18(20-5)10-12-21-13-11-18/h6-9,16,19H,10-13H2,1-5H3. The van der Waals surface area contributed by atoms with E-state index in [2.05, 4.69) is 50.4 Å². The third kappa shape index (κ3) is 3.47. The molecule has 1 heterocycles. The van der Waals surface area contributed by atoms with Crippen molar-refractivity contribution in [3.8, 4) is 0 Å². The molecule has 118 valence electrons. The number of hydrogen-bond acceptors (Lipinski definition) is 3. The Labute approximate surface area is 129 Å². The van der Waals surface area contributed by atoms with Crippen molar-refractivity contribution in [2.24, 2.45) is 0 Å². The summed E-state index contributed by atoms with van der Waals surface area (Å²) in [4.78, 5) is 0. The molecule has 1 unspecified atom stereocenters. The Morgan fingerprint density at radius 3 is 2.14 bits per heavy atom. The number of benzene rings is 1. The zero-order valence-corrected chi connectivity index (χ0v) is 14.0. The number of hydrogen-bond donors (Lipinski definition) is 1. The van der Waals surface area contributed by atoms with Crippen LogP contribution in [0.2, 0.25) is 0 Å². The third-order valence-corrected chi connectivity index (χ3v) is 4.67. The van der Waals surface area contributed by atoms with Gasteiger partial charge >= 0.3 is 0 Å². The molecule has 3 heteroatoms. The predicted molar refractivity (Wildman–Crippen MR) is 86.7 cm³/mol.